The summed E-state index contributed by atoms with van der Waals surface area (Å²) in [5.41, 5.74) is 1.04. The van der Waals surface area contributed by atoms with Crippen molar-refractivity contribution in [1.29, 1.82) is 0 Å². The zero-order chi connectivity index (χ0) is 14.3. The van der Waals surface area contributed by atoms with Crippen LogP contribution in [0.3, 0.4) is 0 Å². The summed E-state index contributed by atoms with van der Waals surface area (Å²) in [7, 11) is 3.22. The summed E-state index contributed by atoms with van der Waals surface area (Å²) in [6, 6.07) is 5.73. The molecule has 0 fully saturated rings. The van der Waals surface area contributed by atoms with E-state index in [9.17, 15) is 4.79 Å². The number of amides is 1. The van der Waals surface area contributed by atoms with Gasteiger partial charge in [-0.15, -0.1) is 0 Å². The zero-order valence-electron chi connectivity index (χ0n) is 11.9. The van der Waals surface area contributed by atoms with E-state index in [0.717, 1.165) is 5.56 Å². The maximum Gasteiger partial charge on any atom is 0.232 e. The Morgan fingerprint density at radius 1 is 1.26 bits per heavy atom. The maximum atomic E-state index is 11.9. The van der Waals surface area contributed by atoms with E-state index in [1.165, 1.54) is 0 Å². The molecule has 0 bridgehead atoms. The molecule has 0 aromatic heterocycles. The molecule has 0 aliphatic carbocycles. The Bertz CT molecular complexity index is 423. The van der Waals surface area contributed by atoms with E-state index in [0.29, 0.717) is 30.3 Å². The van der Waals surface area contributed by atoms with E-state index < -0.39 is 0 Å². The van der Waals surface area contributed by atoms with Gasteiger partial charge in [-0.05, 0) is 30.9 Å². The highest BCUT2D eigenvalue weighted by atomic mass is 32.2. The van der Waals surface area contributed by atoms with Crippen molar-refractivity contribution in [2.75, 3.05) is 32.8 Å². The molecular weight excluding hydrogens is 262 g/mol. The third kappa shape index (κ3) is 4.35. The lowest BCUT2D eigenvalue weighted by molar-refractivity contribution is -0.128. The van der Waals surface area contributed by atoms with E-state index >= 15 is 0 Å². The molecule has 1 amide bonds. The van der Waals surface area contributed by atoms with Crippen molar-refractivity contribution in [2.24, 2.45) is 0 Å². The number of rotatable bonds is 7. The van der Waals surface area contributed by atoms with Crippen molar-refractivity contribution in [3.05, 3.63) is 23.8 Å². The van der Waals surface area contributed by atoms with Crippen LogP contribution in [0.4, 0.5) is 0 Å². The lowest BCUT2D eigenvalue weighted by Gasteiger charge is -2.21. The highest BCUT2D eigenvalue weighted by Crippen LogP contribution is 2.28. The third-order valence-electron chi connectivity index (χ3n) is 2.82. The number of ether oxygens (including phenoxy) is 2. The summed E-state index contributed by atoms with van der Waals surface area (Å²) in [6.45, 7) is 3.28. The SMILES string of the molecule is CCN(Cc1ccc(OC)c(OC)c1)C(=O)CSC. The lowest BCUT2D eigenvalue weighted by Crippen LogP contribution is -2.31. The first kappa shape index (κ1) is 15.7. The van der Waals surface area contributed by atoms with Crippen molar-refractivity contribution in [1.82, 2.24) is 4.90 Å². The predicted molar refractivity (Wildman–Crippen MR) is 79.0 cm³/mol. The third-order valence-corrected chi connectivity index (χ3v) is 3.36. The molecule has 19 heavy (non-hydrogen) atoms. The summed E-state index contributed by atoms with van der Waals surface area (Å²) in [4.78, 5) is 13.7. The van der Waals surface area contributed by atoms with Gasteiger partial charge >= 0.3 is 0 Å². The molecule has 0 unspecified atom stereocenters. The molecule has 5 heteroatoms. The summed E-state index contributed by atoms with van der Waals surface area (Å²) >= 11 is 1.54. The van der Waals surface area contributed by atoms with Crippen LogP contribution in [0.2, 0.25) is 0 Å². The molecule has 1 rings (SSSR count). The average Bonchev–Trinajstić information content (AvgIpc) is 2.44. The average molecular weight is 283 g/mol. The van der Waals surface area contributed by atoms with Crippen molar-refractivity contribution in [2.45, 2.75) is 13.5 Å². The van der Waals surface area contributed by atoms with Gasteiger partial charge in [0, 0.05) is 13.1 Å². The Morgan fingerprint density at radius 3 is 2.47 bits per heavy atom. The van der Waals surface area contributed by atoms with E-state index in [4.69, 9.17) is 9.47 Å². The molecule has 1 aromatic rings. The molecule has 0 aliphatic heterocycles. The molecule has 0 saturated heterocycles. The lowest BCUT2D eigenvalue weighted by atomic mass is 10.2. The Hall–Kier alpha value is -1.36. The van der Waals surface area contributed by atoms with Gasteiger partial charge in [0.2, 0.25) is 5.91 Å². The second-order valence-corrected chi connectivity index (χ2v) is 4.90. The number of carbonyl (C=O) groups is 1. The summed E-state index contributed by atoms with van der Waals surface area (Å²) < 4.78 is 10.5. The van der Waals surface area contributed by atoms with Crippen LogP contribution >= 0.6 is 11.8 Å². The minimum absolute atomic E-state index is 0.157. The fourth-order valence-corrected chi connectivity index (χ4v) is 2.22. The number of hydrogen-bond donors (Lipinski definition) is 0. The number of thioether (sulfide) groups is 1. The van der Waals surface area contributed by atoms with E-state index in [1.807, 2.05) is 36.3 Å². The molecule has 0 heterocycles. The van der Waals surface area contributed by atoms with Crippen molar-refractivity contribution >= 4 is 17.7 Å². The van der Waals surface area contributed by atoms with Gasteiger partial charge < -0.3 is 14.4 Å². The Kier molecular flexibility index (Phi) is 6.56. The van der Waals surface area contributed by atoms with Crippen LogP contribution in [0.15, 0.2) is 18.2 Å². The van der Waals surface area contributed by atoms with E-state index in [1.54, 1.807) is 26.0 Å². The Morgan fingerprint density at radius 2 is 1.95 bits per heavy atom. The first-order valence-electron chi connectivity index (χ1n) is 6.13. The molecule has 4 nitrogen and oxygen atoms in total. The van der Waals surface area contributed by atoms with Crippen molar-refractivity contribution in [3.63, 3.8) is 0 Å². The van der Waals surface area contributed by atoms with Gasteiger partial charge in [0.25, 0.3) is 0 Å². The van der Waals surface area contributed by atoms with Gasteiger partial charge in [0.15, 0.2) is 11.5 Å². The largest absolute Gasteiger partial charge is 0.493 e. The maximum absolute atomic E-state index is 11.9. The van der Waals surface area contributed by atoms with E-state index in [2.05, 4.69) is 0 Å². The van der Waals surface area contributed by atoms with E-state index in [-0.39, 0.29) is 5.91 Å². The minimum Gasteiger partial charge on any atom is -0.493 e. The highest BCUT2D eigenvalue weighted by molar-refractivity contribution is 7.99. The van der Waals surface area contributed by atoms with Gasteiger partial charge in [-0.2, -0.15) is 11.8 Å². The minimum atomic E-state index is 0.157. The Labute approximate surface area is 119 Å². The van der Waals surface area contributed by atoms with Crippen LogP contribution in [0, 0.1) is 0 Å². The standard InChI is InChI=1S/C14H21NO3S/c1-5-15(14(16)10-19-4)9-11-6-7-12(17-2)13(8-11)18-3/h6-8H,5,9-10H2,1-4H3. The van der Waals surface area contributed by atoms with Gasteiger partial charge in [-0.3, -0.25) is 4.79 Å². The second kappa shape index (κ2) is 7.94. The molecule has 0 saturated carbocycles. The number of benzene rings is 1. The Balaban J connectivity index is 2.82. The van der Waals surface area contributed by atoms with Crippen LogP contribution in [0.25, 0.3) is 0 Å². The molecule has 106 valence electrons. The molecule has 0 N–H and O–H groups in total. The molecule has 0 atom stereocenters. The van der Waals surface area contributed by atoms with Crippen LogP contribution in [0.5, 0.6) is 11.5 Å². The predicted octanol–water partition coefficient (Wildman–Crippen LogP) is 2.42. The smallest absolute Gasteiger partial charge is 0.232 e. The topological polar surface area (TPSA) is 38.8 Å². The van der Waals surface area contributed by atoms with Gasteiger partial charge in [-0.25, -0.2) is 0 Å². The van der Waals surface area contributed by atoms with Crippen LogP contribution < -0.4 is 9.47 Å². The number of nitrogens with zero attached hydrogens (tertiary/aromatic N) is 1. The molecule has 1 aromatic carbocycles. The van der Waals surface area contributed by atoms with Crippen LogP contribution in [-0.4, -0.2) is 43.6 Å². The fourth-order valence-electron chi connectivity index (χ4n) is 1.79. The van der Waals surface area contributed by atoms with Gasteiger partial charge in [0.1, 0.15) is 0 Å². The summed E-state index contributed by atoms with van der Waals surface area (Å²) in [6.07, 6.45) is 1.93. The first-order chi connectivity index (χ1) is 9.15. The molecule has 0 spiro atoms. The monoisotopic (exact) mass is 283 g/mol. The second-order valence-electron chi connectivity index (χ2n) is 4.03. The van der Waals surface area contributed by atoms with Crippen molar-refractivity contribution in [3.8, 4) is 11.5 Å². The van der Waals surface area contributed by atoms with Crippen molar-refractivity contribution < 1.29 is 14.3 Å². The number of methoxy groups -OCH3 is 2. The normalized spacial score (nSPS) is 10.1. The van der Waals surface area contributed by atoms with Crippen LogP contribution in [-0.2, 0) is 11.3 Å². The van der Waals surface area contributed by atoms with Crippen LogP contribution in [0.1, 0.15) is 12.5 Å². The molecular formula is C14H21NO3S. The number of hydrogen-bond acceptors (Lipinski definition) is 4. The summed E-state index contributed by atoms with van der Waals surface area (Å²) in [5.74, 6) is 2.06. The van der Waals surface area contributed by atoms with Gasteiger partial charge in [-0.1, -0.05) is 6.07 Å². The molecule has 0 aliphatic rings. The fraction of sp³-hybridized carbons (Fsp3) is 0.500. The zero-order valence-corrected chi connectivity index (χ0v) is 12.8. The summed E-state index contributed by atoms with van der Waals surface area (Å²) in [5, 5.41) is 0. The quantitative estimate of drug-likeness (QED) is 0.770. The molecule has 0 radical (unpaired) electrons. The first-order valence-corrected chi connectivity index (χ1v) is 7.53. The highest BCUT2D eigenvalue weighted by Gasteiger charge is 2.12. The van der Waals surface area contributed by atoms with Gasteiger partial charge in [0.05, 0.1) is 20.0 Å². The number of carbonyl (C=O) groups excluding carboxylic acids is 1.